The van der Waals surface area contributed by atoms with Gasteiger partial charge >= 0.3 is 0 Å². The van der Waals surface area contributed by atoms with Crippen LogP contribution >= 0.6 is 11.6 Å². The SMILES string of the molecule is COCCNC(=O)c1ccc(OC2CCN(C3CCOCC3)CC2)c(Cl)c1. The number of halogens is 1. The molecule has 0 spiro atoms. The van der Waals surface area contributed by atoms with Crippen LogP contribution in [0.5, 0.6) is 5.75 Å². The second-order valence-electron chi connectivity index (χ2n) is 7.09. The van der Waals surface area contributed by atoms with E-state index in [4.69, 9.17) is 25.8 Å². The van der Waals surface area contributed by atoms with Gasteiger partial charge in [-0.2, -0.15) is 0 Å². The van der Waals surface area contributed by atoms with E-state index in [0.717, 1.165) is 52.0 Å². The van der Waals surface area contributed by atoms with Crippen molar-refractivity contribution in [2.45, 2.75) is 37.8 Å². The number of nitrogens with one attached hydrogen (secondary N) is 1. The first-order valence-corrected chi connectivity index (χ1v) is 10.1. The number of nitrogens with zero attached hydrogens (tertiary/aromatic N) is 1. The fourth-order valence-corrected chi connectivity index (χ4v) is 3.92. The second kappa shape index (κ2) is 10.3. The minimum absolute atomic E-state index is 0.162. The summed E-state index contributed by atoms with van der Waals surface area (Å²) in [6, 6.07) is 5.86. The molecule has 0 aromatic heterocycles. The first kappa shape index (κ1) is 20.4. The molecule has 150 valence electrons. The summed E-state index contributed by atoms with van der Waals surface area (Å²) in [5.41, 5.74) is 0.526. The number of hydrogen-bond acceptors (Lipinski definition) is 5. The van der Waals surface area contributed by atoms with Crippen LogP contribution in [0.1, 0.15) is 36.0 Å². The van der Waals surface area contributed by atoms with Crippen molar-refractivity contribution in [2.24, 2.45) is 0 Å². The summed E-state index contributed by atoms with van der Waals surface area (Å²) >= 11 is 6.35. The molecule has 0 saturated carbocycles. The first-order valence-electron chi connectivity index (χ1n) is 9.72. The van der Waals surface area contributed by atoms with E-state index in [1.807, 2.05) is 0 Å². The molecule has 3 rings (SSSR count). The molecule has 0 radical (unpaired) electrons. The molecule has 1 amide bonds. The molecule has 6 nitrogen and oxygen atoms in total. The largest absolute Gasteiger partial charge is 0.489 e. The van der Waals surface area contributed by atoms with E-state index in [0.29, 0.717) is 35.5 Å². The number of hydrogen-bond donors (Lipinski definition) is 1. The standard InChI is InChI=1S/C20H29ClN2O4/c1-25-13-8-22-20(24)15-2-3-19(18(21)14-15)27-17-4-9-23(10-5-17)16-6-11-26-12-7-16/h2-3,14,16-17H,4-13H2,1H3,(H,22,24). The third kappa shape index (κ3) is 5.82. The van der Waals surface area contributed by atoms with Crippen LogP contribution < -0.4 is 10.1 Å². The molecule has 0 unspecified atom stereocenters. The number of carbonyl (C=O) groups is 1. The predicted molar refractivity (Wildman–Crippen MR) is 105 cm³/mol. The molecule has 2 aliphatic heterocycles. The molecule has 0 bridgehead atoms. The molecule has 1 N–H and O–H groups in total. The summed E-state index contributed by atoms with van der Waals surface area (Å²) in [7, 11) is 1.60. The lowest BCUT2D eigenvalue weighted by Gasteiger charge is -2.39. The van der Waals surface area contributed by atoms with Crippen molar-refractivity contribution in [3.05, 3.63) is 28.8 Å². The van der Waals surface area contributed by atoms with Crippen molar-refractivity contribution in [1.29, 1.82) is 0 Å². The van der Waals surface area contributed by atoms with Gasteiger partial charge in [0.25, 0.3) is 5.91 Å². The Morgan fingerprint density at radius 1 is 1.26 bits per heavy atom. The molecular formula is C20H29ClN2O4. The second-order valence-corrected chi connectivity index (χ2v) is 7.50. The van der Waals surface area contributed by atoms with Gasteiger partial charge in [-0.25, -0.2) is 0 Å². The van der Waals surface area contributed by atoms with Gasteiger partial charge in [-0.1, -0.05) is 11.6 Å². The van der Waals surface area contributed by atoms with Crippen molar-refractivity contribution >= 4 is 17.5 Å². The zero-order valence-corrected chi connectivity index (χ0v) is 16.7. The molecule has 0 aliphatic carbocycles. The fourth-order valence-electron chi connectivity index (χ4n) is 3.69. The van der Waals surface area contributed by atoms with Crippen LogP contribution in [-0.2, 0) is 9.47 Å². The summed E-state index contributed by atoms with van der Waals surface area (Å²) in [5, 5.41) is 3.26. The van der Waals surface area contributed by atoms with Crippen molar-refractivity contribution in [1.82, 2.24) is 10.2 Å². The van der Waals surface area contributed by atoms with Crippen LogP contribution in [0.2, 0.25) is 5.02 Å². The van der Waals surface area contributed by atoms with Gasteiger partial charge in [-0.05, 0) is 43.9 Å². The number of piperidine rings is 1. The summed E-state index contributed by atoms with van der Waals surface area (Å²) in [6.07, 6.45) is 4.41. The molecule has 1 aromatic carbocycles. The highest BCUT2D eigenvalue weighted by atomic mass is 35.5. The number of methoxy groups -OCH3 is 1. The lowest BCUT2D eigenvalue weighted by atomic mass is 10.0. The Bertz CT molecular complexity index is 614. The minimum Gasteiger partial charge on any atom is -0.489 e. The highest BCUT2D eigenvalue weighted by Crippen LogP contribution is 2.29. The van der Waals surface area contributed by atoms with E-state index in [2.05, 4.69) is 10.2 Å². The third-order valence-corrected chi connectivity index (χ3v) is 5.56. The molecular weight excluding hydrogens is 368 g/mol. The van der Waals surface area contributed by atoms with E-state index >= 15 is 0 Å². The van der Waals surface area contributed by atoms with E-state index in [9.17, 15) is 4.79 Å². The summed E-state index contributed by atoms with van der Waals surface area (Å²) in [5.74, 6) is 0.486. The zero-order valence-electron chi connectivity index (χ0n) is 15.9. The Hall–Kier alpha value is -1.34. The Kier molecular flexibility index (Phi) is 7.76. The Labute approximate surface area is 166 Å². The van der Waals surface area contributed by atoms with Crippen LogP contribution in [0.3, 0.4) is 0 Å². The highest BCUT2D eigenvalue weighted by Gasteiger charge is 2.27. The lowest BCUT2D eigenvalue weighted by Crippen LogP contribution is -2.46. The monoisotopic (exact) mass is 396 g/mol. The van der Waals surface area contributed by atoms with Crippen LogP contribution in [0.25, 0.3) is 0 Å². The molecule has 27 heavy (non-hydrogen) atoms. The van der Waals surface area contributed by atoms with Crippen molar-refractivity contribution in [3.8, 4) is 5.75 Å². The predicted octanol–water partition coefficient (Wildman–Crippen LogP) is 2.74. The maximum atomic E-state index is 12.1. The minimum atomic E-state index is -0.162. The van der Waals surface area contributed by atoms with Gasteiger partial charge in [-0.3, -0.25) is 9.69 Å². The van der Waals surface area contributed by atoms with Crippen LogP contribution in [0.15, 0.2) is 18.2 Å². The van der Waals surface area contributed by atoms with E-state index < -0.39 is 0 Å². The maximum absolute atomic E-state index is 12.1. The Balaban J connectivity index is 1.48. The Morgan fingerprint density at radius 3 is 2.67 bits per heavy atom. The number of amides is 1. The van der Waals surface area contributed by atoms with E-state index in [1.165, 1.54) is 0 Å². The molecule has 2 heterocycles. The van der Waals surface area contributed by atoms with E-state index in [1.54, 1.807) is 25.3 Å². The van der Waals surface area contributed by atoms with Crippen molar-refractivity contribution in [3.63, 3.8) is 0 Å². The van der Waals surface area contributed by atoms with Gasteiger partial charge in [0.05, 0.1) is 11.6 Å². The van der Waals surface area contributed by atoms with Gasteiger partial charge in [0.15, 0.2) is 0 Å². The fraction of sp³-hybridized carbons (Fsp3) is 0.650. The van der Waals surface area contributed by atoms with Crippen LogP contribution in [0, 0.1) is 0 Å². The molecule has 0 atom stereocenters. The number of carbonyl (C=O) groups excluding carboxylic acids is 1. The molecule has 2 saturated heterocycles. The van der Waals surface area contributed by atoms with Gasteiger partial charge in [0.1, 0.15) is 11.9 Å². The van der Waals surface area contributed by atoms with Crippen LogP contribution in [-0.4, -0.2) is 69.5 Å². The van der Waals surface area contributed by atoms with Crippen molar-refractivity contribution < 1.29 is 19.0 Å². The molecule has 2 fully saturated rings. The topological polar surface area (TPSA) is 60.0 Å². The summed E-state index contributed by atoms with van der Waals surface area (Å²) in [4.78, 5) is 14.6. The third-order valence-electron chi connectivity index (χ3n) is 5.26. The Morgan fingerprint density at radius 2 is 2.00 bits per heavy atom. The smallest absolute Gasteiger partial charge is 0.251 e. The van der Waals surface area contributed by atoms with Crippen molar-refractivity contribution in [2.75, 3.05) is 46.6 Å². The van der Waals surface area contributed by atoms with Gasteiger partial charge in [0.2, 0.25) is 0 Å². The first-order chi connectivity index (χ1) is 13.2. The van der Waals surface area contributed by atoms with Crippen LogP contribution in [0.4, 0.5) is 0 Å². The summed E-state index contributed by atoms with van der Waals surface area (Å²) < 4.78 is 16.5. The quantitative estimate of drug-likeness (QED) is 0.718. The number of benzene rings is 1. The number of likely N-dealkylation sites (tertiary alicyclic amines) is 1. The zero-order chi connectivity index (χ0) is 19.1. The average Bonchev–Trinajstić information content (AvgIpc) is 2.71. The number of ether oxygens (including phenoxy) is 3. The summed E-state index contributed by atoms with van der Waals surface area (Å²) in [6.45, 7) is 4.80. The maximum Gasteiger partial charge on any atom is 0.251 e. The van der Waals surface area contributed by atoms with Gasteiger partial charge in [-0.15, -0.1) is 0 Å². The highest BCUT2D eigenvalue weighted by molar-refractivity contribution is 6.32. The van der Waals surface area contributed by atoms with Gasteiger partial charge in [0, 0.05) is 51.6 Å². The average molecular weight is 397 g/mol. The van der Waals surface area contributed by atoms with Gasteiger partial charge < -0.3 is 19.5 Å². The van der Waals surface area contributed by atoms with E-state index in [-0.39, 0.29) is 12.0 Å². The molecule has 7 heteroatoms. The lowest BCUT2D eigenvalue weighted by molar-refractivity contribution is 0.0101. The number of rotatable bonds is 7. The normalized spacial score (nSPS) is 19.8. The molecule has 1 aromatic rings. The molecule has 2 aliphatic rings.